The molecule has 3 rings (SSSR count). The Bertz CT molecular complexity index is 238. The largest absolute Gasteiger partial charge is 0.314 e. The normalized spacial score (nSPS) is 53.1. The predicted octanol–water partition coefficient (Wildman–Crippen LogP) is 1.49. The summed E-state index contributed by atoms with van der Waals surface area (Å²) in [6.07, 6.45) is 2.54. The van der Waals surface area contributed by atoms with Crippen molar-refractivity contribution in [3.63, 3.8) is 0 Å². The fourth-order valence-electron chi connectivity index (χ4n) is 3.30. The maximum atomic E-state index is 6.21. The van der Waals surface area contributed by atoms with Crippen LogP contribution in [-0.4, -0.2) is 46.1 Å². The summed E-state index contributed by atoms with van der Waals surface area (Å²) in [5.74, 6) is 0. The van der Waals surface area contributed by atoms with Gasteiger partial charge >= 0.3 is 0 Å². The van der Waals surface area contributed by atoms with Crippen LogP contribution in [0.1, 0.15) is 19.8 Å². The molecule has 3 aliphatic rings. The lowest BCUT2D eigenvalue weighted by Crippen LogP contribution is -2.55. The molecule has 3 fully saturated rings. The number of nitrogens with zero attached hydrogens (tertiary/aromatic N) is 1. The average Bonchev–Trinajstić information content (AvgIpc) is 2.60. The quantitative estimate of drug-likeness (QED) is 0.638. The van der Waals surface area contributed by atoms with Crippen molar-refractivity contribution < 1.29 is 0 Å². The van der Waals surface area contributed by atoms with Crippen LogP contribution in [0.4, 0.5) is 0 Å². The van der Waals surface area contributed by atoms with E-state index < -0.39 is 0 Å². The first-order valence-electron chi connectivity index (χ1n) is 5.53. The van der Waals surface area contributed by atoms with E-state index in [1.165, 1.54) is 19.4 Å². The number of halogens is 1. The Hall–Kier alpha value is 0.560. The van der Waals surface area contributed by atoms with Crippen molar-refractivity contribution in [3.05, 3.63) is 0 Å². The second kappa shape index (κ2) is 3.55. The molecule has 3 saturated heterocycles. The fourth-order valence-corrected chi connectivity index (χ4v) is 5.34. The van der Waals surface area contributed by atoms with Crippen molar-refractivity contribution in [2.45, 2.75) is 47.8 Å². The Kier molecular flexibility index (Phi) is 2.47. The molecule has 4 unspecified atom stereocenters. The van der Waals surface area contributed by atoms with Crippen LogP contribution in [0.2, 0.25) is 0 Å². The van der Waals surface area contributed by atoms with E-state index in [9.17, 15) is 0 Å². The number of piperazine rings is 1. The highest BCUT2D eigenvalue weighted by Gasteiger charge is 2.49. The summed E-state index contributed by atoms with van der Waals surface area (Å²) < 4.78 is 0.369. The minimum Gasteiger partial charge on any atom is -0.314 e. The molecule has 3 heterocycles. The molecule has 0 radical (unpaired) electrons. The van der Waals surface area contributed by atoms with E-state index in [-0.39, 0.29) is 0 Å². The number of hydrogen-bond donors (Lipinski definition) is 1. The van der Waals surface area contributed by atoms with Gasteiger partial charge in [0.2, 0.25) is 0 Å². The molecule has 3 aliphatic heterocycles. The summed E-state index contributed by atoms with van der Waals surface area (Å²) in [6, 6.07) is 2.25. The first kappa shape index (κ1) is 9.76. The summed E-state index contributed by atoms with van der Waals surface area (Å²) in [4.78, 5) is 2.73. The summed E-state index contributed by atoms with van der Waals surface area (Å²) in [5, 5.41) is 4.33. The molecule has 4 heteroatoms. The van der Waals surface area contributed by atoms with Crippen LogP contribution < -0.4 is 5.32 Å². The zero-order valence-electron chi connectivity index (χ0n) is 8.45. The smallest absolute Gasteiger partial charge is 0.0807 e. The lowest BCUT2D eigenvalue weighted by atomic mass is 10.1. The summed E-state index contributed by atoms with van der Waals surface area (Å²) in [6.45, 7) is 4.68. The lowest BCUT2D eigenvalue weighted by molar-refractivity contribution is 0.105. The second-order valence-electron chi connectivity index (χ2n) is 4.73. The maximum Gasteiger partial charge on any atom is 0.0807 e. The van der Waals surface area contributed by atoms with Gasteiger partial charge in [0.05, 0.1) is 4.71 Å². The monoisotopic (exact) mass is 232 g/mol. The molecule has 0 bridgehead atoms. The average molecular weight is 233 g/mol. The highest BCUT2D eigenvalue weighted by atomic mass is 35.5. The van der Waals surface area contributed by atoms with Crippen LogP contribution in [0.15, 0.2) is 0 Å². The molecular weight excluding hydrogens is 216 g/mol. The first-order valence-corrected chi connectivity index (χ1v) is 6.91. The Balaban J connectivity index is 1.80. The van der Waals surface area contributed by atoms with Crippen molar-refractivity contribution in [1.82, 2.24) is 10.2 Å². The Labute approximate surface area is 94.7 Å². The molecule has 80 valence electrons. The molecule has 0 amide bonds. The van der Waals surface area contributed by atoms with Crippen molar-refractivity contribution in [1.29, 1.82) is 0 Å². The molecule has 14 heavy (non-hydrogen) atoms. The third-order valence-electron chi connectivity index (χ3n) is 3.82. The second-order valence-corrected chi connectivity index (χ2v) is 6.96. The van der Waals surface area contributed by atoms with Crippen molar-refractivity contribution in [3.8, 4) is 0 Å². The predicted molar refractivity (Wildman–Crippen MR) is 62.0 cm³/mol. The number of rotatable bonds is 0. The van der Waals surface area contributed by atoms with Crippen molar-refractivity contribution in [2.24, 2.45) is 0 Å². The van der Waals surface area contributed by atoms with Gasteiger partial charge in [0.15, 0.2) is 0 Å². The van der Waals surface area contributed by atoms with Gasteiger partial charge in [-0.3, -0.25) is 4.90 Å². The van der Waals surface area contributed by atoms with Crippen LogP contribution in [0.25, 0.3) is 0 Å². The van der Waals surface area contributed by atoms with Crippen molar-refractivity contribution >= 4 is 23.4 Å². The highest BCUT2D eigenvalue weighted by Crippen LogP contribution is 2.47. The zero-order valence-corrected chi connectivity index (χ0v) is 10.0. The van der Waals surface area contributed by atoms with Gasteiger partial charge in [0, 0.05) is 36.5 Å². The minimum atomic E-state index is 0.369. The van der Waals surface area contributed by atoms with E-state index in [4.69, 9.17) is 11.6 Å². The standard InChI is InChI=1S/C10H17ClN2S/c1-6-4-12-5-7-2-9-8(13(6)7)3-10(11)14-9/h6-10,12H,2-5H2,1H3/t6-,7?,8?,9?,10?/m1/s1. The van der Waals surface area contributed by atoms with Crippen LogP contribution in [0.3, 0.4) is 0 Å². The molecule has 5 atom stereocenters. The Morgan fingerprint density at radius 3 is 3.07 bits per heavy atom. The zero-order chi connectivity index (χ0) is 9.71. The SMILES string of the molecule is C[C@@H]1CNCC2CC3SC(Cl)CC3N21. The highest BCUT2D eigenvalue weighted by molar-refractivity contribution is 8.02. The van der Waals surface area contributed by atoms with Crippen molar-refractivity contribution in [2.75, 3.05) is 13.1 Å². The molecule has 0 aromatic carbocycles. The third kappa shape index (κ3) is 1.41. The van der Waals surface area contributed by atoms with E-state index in [0.717, 1.165) is 23.9 Å². The number of fused-ring (bicyclic) bond motifs is 3. The van der Waals surface area contributed by atoms with Gasteiger partial charge < -0.3 is 5.32 Å². The maximum absolute atomic E-state index is 6.21. The van der Waals surface area contributed by atoms with Gasteiger partial charge in [0.25, 0.3) is 0 Å². The number of nitrogens with one attached hydrogen (secondary N) is 1. The van der Waals surface area contributed by atoms with Gasteiger partial charge in [0.1, 0.15) is 0 Å². The topological polar surface area (TPSA) is 15.3 Å². The number of hydrogen-bond acceptors (Lipinski definition) is 3. The van der Waals surface area contributed by atoms with Crippen LogP contribution in [-0.2, 0) is 0 Å². The number of alkyl halides is 1. The molecule has 0 aliphatic carbocycles. The van der Waals surface area contributed by atoms with Gasteiger partial charge in [-0.15, -0.1) is 23.4 Å². The van der Waals surface area contributed by atoms with E-state index in [0.29, 0.717) is 10.8 Å². The molecule has 0 aromatic heterocycles. The summed E-state index contributed by atoms with van der Waals surface area (Å²) in [7, 11) is 0. The summed E-state index contributed by atoms with van der Waals surface area (Å²) >= 11 is 8.21. The minimum absolute atomic E-state index is 0.369. The Morgan fingerprint density at radius 2 is 2.21 bits per heavy atom. The molecule has 0 aromatic rings. The molecule has 0 spiro atoms. The van der Waals surface area contributed by atoms with Crippen LogP contribution >= 0.6 is 23.4 Å². The molecular formula is C10H17ClN2S. The molecule has 0 saturated carbocycles. The van der Waals surface area contributed by atoms with E-state index in [1.807, 2.05) is 11.8 Å². The van der Waals surface area contributed by atoms with Crippen LogP contribution in [0.5, 0.6) is 0 Å². The third-order valence-corrected chi connectivity index (χ3v) is 5.65. The lowest BCUT2D eigenvalue weighted by Gasteiger charge is -2.39. The first-order chi connectivity index (χ1) is 6.75. The summed E-state index contributed by atoms with van der Waals surface area (Å²) in [5.41, 5.74) is 0. The van der Waals surface area contributed by atoms with E-state index in [2.05, 4.69) is 17.1 Å². The molecule has 2 nitrogen and oxygen atoms in total. The van der Waals surface area contributed by atoms with E-state index >= 15 is 0 Å². The van der Waals surface area contributed by atoms with E-state index in [1.54, 1.807) is 0 Å². The Morgan fingerprint density at radius 1 is 1.36 bits per heavy atom. The van der Waals surface area contributed by atoms with Gasteiger partial charge in [-0.1, -0.05) is 0 Å². The number of thioether (sulfide) groups is 1. The van der Waals surface area contributed by atoms with Crippen LogP contribution in [0, 0.1) is 0 Å². The van der Waals surface area contributed by atoms with Gasteiger partial charge in [-0.05, 0) is 19.8 Å². The molecule has 1 N–H and O–H groups in total. The fraction of sp³-hybridized carbons (Fsp3) is 1.00. The van der Waals surface area contributed by atoms with Gasteiger partial charge in [-0.25, -0.2) is 0 Å². The van der Waals surface area contributed by atoms with Gasteiger partial charge in [-0.2, -0.15) is 0 Å².